The number of hydrogen-bond donors (Lipinski definition) is 2. The highest BCUT2D eigenvalue weighted by Gasteiger charge is 2.05. The van der Waals surface area contributed by atoms with Gasteiger partial charge in [0.05, 0.1) is 12.1 Å². The Hall–Kier alpha value is -1.26. The first-order chi connectivity index (χ1) is 8.35. The van der Waals surface area contributed by atoms with Crippen LogP contribution < -0.4 is 5.32 Å². The molecule has 0 spiro atoms. The van der Waals surface area contributed by atoms with Crippen molar-refractivity contribution in [2.45, 2.75) is 6.61 Å². The smallest absolute Gasteiger partial charge is 0.132 e. The van der Waals surface area contributed by atoms with Crippen LogP contribution in [0.2, 0.25) is 0 Å². The van der Waals surface area contributed by atoms with Crippen molar-refractivity contribution in [2.24, 2.45) is 0 Å². The van der Waals surface area contributed by atoms with Gasteiger partial charge in [-0.3, -0.25) is 0 Å². The fourth-order valence-electron chi connectivity index (χ4n) is 1.70. The Bertz CT molecular complexity index is 502. The molecule has 0 amide bonds. The third-order valence-corrected chi connectivity index (χ3v) is 3.18. The monoisotopic (exact) mass is 248 g/mol. The van der Waals surface area contributed by atoms with Crippen molar-refractivity contribution in [2.75, 3.05) is 23.9 Å². The first-order valence-corrected chi connectivity index (χ1v) is 6.97. The van der Waals surface area contributed by atoms with Crippen molar-refractivity contribution in [1.29, 1.82) is 0 Å². The predicted molar refractivity (Wildman–Crippen MR) is 74.5 cm³/mol. The standard InChI is InChI=1S/C13H16N2OS/c1-17-7-6-14-13-11(9-16)8-10-4-2-3-5-12(10)15-13/h2-5,8,16H,6-7,9H2,1H3,(H,14,15). The maximum Gasteiger partial charge on any atom is 0.132 e. The Morgan fingerprint density at radius 3 is 2.94 bits per heavy atom. The number of para-hydroxylation sites is 1. The number of rotatable bonds is 5. The van der Waals surface area contributed by atoms with E-state index < -0.39 is 0 Å². The summed E-state index contributed by atoms with van der Waals surface area (Å²) >= 11 is 1.79. The molecular formula is C13H16N2OS. The van der Waals surface area contributed by atoms with Crippen LogP contribution in [0.4, 0.5) is 5.82 Å². The van der Waals surface area contributed by atoms with Crippen LogP contribution in [0.1, 0.15) is 5.56 Å². The first kappa shape index (κ1) is 12.2. The van der Waals surface area contributed by atoms with Gasteiger partial charge in [-0.1, -0.05) is 18.2 Å². The van der Waals surface area contributed by atoms with Crippen LogP contribution in [-0.2, 0) is 6.61 Å². The molecule has 90 valence electrons. The fraction of sp³-hybridized carbons (Fsp3) is 0.308. The number of fused-ring (bicyclic) bond motifs is 1. The molecule has 1 heterocycles. The number of aliphatic hydroxyl groups excluding tert-OH is 1. The van der Waals surface area contributed by atoms with Crippen molar-refractivity contribution < 1.29 is 5.11 Å². The zero-order valence-corrected chi connectivity index (χ0v) is 10.6. The number of thioether (sulfide) groups is 1. The second-order valence-electron chi connectivity index (χ2n) is 3.77. The Morgan fingerprint density at radius 2 is 2.18 bits per heavy atom. The zero-order valence-electron chi connectivity index (χ0n) is 9.81. The SMILES string of the molecule is CSCCNc1nc2ccccc2cc1CO. The molecule has 0 atom stereocenters. The largest absolute Gasteiger partial charge is 0.392 e. The summed E-state index contributed by atoms with van der Waals surface area (Å²) < 4.78 is 0. The second kappa shape index (κ2) is 5.89. The van der Waals surface area contributed by atoms with Crippen molar-refractivity contribution in [1.82, 2.24) is 4.98 Å². The summed E-state index contributed by atoms with van der Waals surface area (Å²) in [6.07, 6.45) is 2.07. The van der Waals surface area contributed by atoms with Crippen molar-refractivity contribution in [3.8, 4) is 0 Å². The molecule has 2 aromatic rings. The molecule has 0 saturated carbocycles. The van der Waals surface area contributed by atoms with Crippen molar-refractivity contribution in [3.05, 3.63) is 35.9 Å². The van der Waals surface area contributed by atoms with E-state index in [-0.39, 0.29) is 6.61 Å². The quantitative estimate of drug-likeness (QED) is 0.798. The highest BCUT2D eigenvalue weighted by atomic mass is 32.2. The van der Waals surface area contributed by atoms with Gasteiger partial charge in [-0.2, -0.15) is 11.8 Å². The molecule has 0 radical (unpaired) electrons. The van der Waals surface area contributed by atoms with Gasteiger partial charge in [0.15, 0.2) is 0 Å². The van der Waals surface area contributed by atoms with Crippen LogP contribution in [0.3, 0.4) is 0 Å². The normalized spacial score (nSPS) is 10.7. The summed E-state index contributed by atoms with van der Waals surface area (Å²) in [6.45, 7) is 0.874. The van der Waals surface area contributed by atoms with Crippen LogP contribution in [0.15, 0.2) is 30.3 Å². The molecule has 0 aliphatic heterocycles. The van der Waals surface area contributed by atoms with E-state index in [0.29, 0.717) is 0 Å². The van der Waals surface area contributed by atoms with Crippen molar-refractivity contribution in [3.63, 3.8) is 0 Å². The highest BCUT2D eigenvalue weighted by Crippen LogP contribution is 2.20. The molecular weight excluding hydrogens is 232 g/mol. The minimum Gasteiger partial charge on any atom is -0.392 e. The molecule has 17 heavy (non-hydrogen) atoms. The summed E-state index contributed by atoms with van der Waals surface area (Å²) in [6, 6.07) is 9.93. The van der Waals surface area contributed by atoms with Crippen LogP contribution in [0.5, 0.6) is 0 Å². The number of benzene rings is 1. The predicted octanol–water partition coefficient (Wildman–Crippen LogP) is 2.50. The molecule has 0 saturated heterocycles. The van der Waals surface area contributed by atoms with E-state index in [4.69, 9.17) is 0 Å². The van der Waals surface area contributed by atoms with E-state index in [9.17, 15) is 5.11 Å². The number of aromatic nitrogens is 1. The third-order valence-electron chi connectivity index (χ3n) is 2.57. The molecule has 0 aliphatic rings. The number of pyridine rings is 1. The van der Waals surface area contributed by atoms with Crippen LogP contribution in [-0.4, -0.2) is 28.6 Å². The minimum atomic E-state index is 0.0133. The maximum absolute atomic E-state index is 9.35. The summed E-state index contributed by atoms with van der Waals surface area (Å²) in [7, 11) is 0. The maximum atomic E-state index is 9.35. The van der Waals surface area contributed by atoms with Gasteiger partial charge >= 0.3 is 0 Å². The number of aliphatic hydroxyl groups is 1. The van der Waals surface area contributed by atoms with E-state index in [1.54, 1.807) is 11.8 Å². The summed E-state index contributed by atoms with van der Waals surface area (Å²) in [4.78, 5) is 4.54. The van der Waals surface area contributed by atoms with Crippen LogP contribution >= 0.6 is 11.8 Å². The molecule has 0 bridgehead atoms. The van der Waals surface area contributed by atoms with E-state index >= 15 is 0 Å². The molecule has 0 unspecified atom stereocenters. The molecule has 3 nitrogen and oxygen atoms in total. The molecule has 2 rings (SSSR count). The van der Waals surface area contributed by atoms with Gasteiger partial charge in [0.2, 0.25) is 0 Å². The second-order valence-corrected chi connectivity index (χ2v) is 4.75. The topological polar surface area (TPSA) is 45.2 Å². The van der Waals surface area contributed by atoms with E-state index in [1.807, 2.05) is 30.3 Å². The molecule has 1 aromatic carbocycles. The van der Waals surface area contributed by atoms with Crippen LogP contribution in [0.25, 0.3) is 10.9 Å². The Kier molecular flexibility index (Phi) is 4.23. The number of nitrogens with zero attached hydrogens (tertiary/aromatic N) is 1. The Labute approximate surface area is 105 Å². The minimum absolute atomic E-state index is 0.0133. The van der Waals surface area contributed by atoms with Gasteiger partial charge < -0.3 is 10.4 Å². The first-order valence-electron chi connectivity index (χ1n) is 5.57. The molecule has 2 N–H and O–H groups in total. The Balaban J connectivity index is 2.32. The van der Waals surface area contributed by atoms with Crippen LogP contribution in [0, 0.1) is 0 Å². The average Bonchev–Trinajstić information content (AvgIpc) is 2.38. The lowest BCUT2D eigenvalue weighted by atomic mass is 10.1. The van der Waals surface area contributed by atoms with Gasteiger partial charge in [0, 0.05) is 23.2 Å². The zero-order chi connectivity index (χ0) is 12.1. The van der Waals surface area contributed by atoms with Crippen molar-refractivity contribution >= 4 is 28.5 Å². The van der Waals surface area contributed by atoms with E-state index in [2.05, 4.69) is 16.6 Å². The highest BCUT2D eigenvalue weighted by molar-refractivity contribution is 7.98. The van der Waals surface area contributed by atoms with Gasteiger partial charge in [0.1, 0.15) is 5.82 Å². The molecule has 0 aliphatic carbocycles. The lowest BCUT2D eigenvalue weighted by molar-refractivity contribution is 0.282. The summed E-state index contributed by atoms with van der Waals surface area (Å²) in [5, 5.41) is 13.7. The summed E-state index contributed by atoms with van der Waals surface area (Å²) in [5.74, 6) is 1.82. The lowest BCUT2D eigenvalue weighted by Gasteiger charge is -2.10. The van der Waals surface area contributed by atoms with E-state index in [0.717, 1.165) is 34.6 Å². The summed E-state index contributed by atoms with van der Waals surface area (Å²) in [5.41, 5.74) is 1.81. The van der Waals surface area contributed by atoms with Gasteiger partial charge in [-0.05, 0) is 18.4 Å². The fourth-order valence-corrected chi connectivity index (χ4v) is 2.01. The number of hydrogen-bond acceptors (Lipinski definition) is 4. The average molecular weight is 248 g/mol. The van der Waals surface area contributed by atoms with E-state index in [1.165, 1.54) is 0 Å². The lowest BCUT2D eigenvalue weighted by Crippen LogP contribution is -2.08. The molecule has 1 aromatic heterocycles. The Morgan fingerprint density at radius 1 is 1.35 bits per heavy atom. The van der Waals surface area contributed by atoms with Gasteiger partial charge in [0.25, 0.3) is 0 Å². The third kappa shape index (κ3) is 2.90. The van der Waals surface area contributed by atoms with Gasteiger partial charge in [-0.15, -0.1) is 0 Å². The number of nitrogens with one attached hydrogen (secondary N) is 1. The molecule has 0 fully saturated rings. The molecule has 4 heteroatoms. The number of anilines is 1. The van der Waals surface area contributed by atoms with Gasteiger partial charge in [-0.25, -0.2) is 4.98 Å².